The molecule has 1 aromatic carbocycles. The molecule has 2 aromatic rings. The Hall–Kier alpha value is -2.69. The molecule has 0 atom stereocenters. The van der Waals surface area contributed by atoms with E-state index >= 15 is 0 Å². The lowest BCUT2D eigenvalue weighted by Crippen LogP contribution is -2.31. The summed E-state index contributed by atoms with van der Waals surface area (Å²) in [6.07, 6.45) is 3.25. The van der Waals surface area contributed by atoms with E-state index in [0.717, 1.165) is 5.56 Å². The van der Waals surface area contributed by atoms with Crippen LogP contribution in [0.15, 0.2) is 42.7 Å². The van der Waals surface area contributed by atoms with Crippen molar-refractivity contribution < 1.29 is 14.3 Å². The van der Waals surface area contributed by atoms with Gasteiger partial charge in [0.15, 0.2) is 0 Å². The molecule has 1 aromatic heterocycles. The number of carbonyl (C=O) groups excluding carboxylic acids is 2. The van der Waals surface area contributed by atoms with Crippen molar-refractivity contribution in [3.63, 3.8) is 0 Å². The molecule has 5 heteroatoms. The number of nitrogens with zero attached hydrogens (tertiary/aromatic N) is 2. The van der Waals surface area contributed by atoms with Crippen LogP contribution < -0.4 is 4.90 Å². The van der Waals surface area contributed by atoms with E-state index in [-0.39, 0.29) is 5.91 Å². The molecular formula is C18H20N2O3. The Morgan fingerprint density at radius 3 is 2.57 bits per heavy atom. The molecule has 2 rings (SSSR count). The van der Waals surface area contributed by atoms with E-state index in [1.807, 2.05) is 13.8 Å². The van der Waals surface area contributed by atoms with Crippen molar-refractivity contribution in [2.75, 3.05) is 18.1 Å². The molecule has 0 aliphatic carbocycles. The standard InChI is InChI=1S/C18H20N2O3/c1-4-20(17(21)15-9-13(3)11-19-12-15)16-8-6-7-14(10-16)18(22)23-5-2/h6-12H,4-5H2,1-3H3. The van der Waals surface area contributed by atoms with E-state index in [2.05, 4.69) is 4.98 Å². The molecule has 0 fully saturated rings. The van der Waals surface area contributed by atoms with Crippen molar-refractivity contribution in [1.29, 1.82) is 0 Å². The molecule has 0 aliphatic heterocycles. The van der Waals surface area contributed by atoms with Gasteiger partial charge in [0.05, 0.1) is 17.7 Å². The molecule has 120 valence electrons. The van der Waals surface area contributed by atoms with E-state index in [4.69, 9.17) is 4.74 Å². The Bertz CT molecular complexity index is 713. The average molecular weight is 312 g/mol. The van der Waals surface area contributed by atoms with Crippen LogP contribution in [0, 0.1) is 6.92 Å². The van der Waals surface area contributed by atoms with Crippen LogP contribution in [-0.4, -0.2) is 30.0 Å². The number of esters is 1. The maximum absolute atomic E-state index is 12.7. The maximum atomic E-state index is 12.7. The van der Waals surface area contributed by atoms with Crippen molar-refractivity contribution in [1.82, 2.24) is 4.98 Å². The summed E-state index contributed by atoms with van der Waals surface area (Å²) < 4.78 is 5.00. The number of hydrogen-bond acceptors (Lipinski definition) is 4. The van der Waals surface area contributed by atoms with Gasteiger partial charge in [-0.2, -0.15) is 0 Å². The number of benzene rings is 1. The second kappa shape index (κ2) is 7.54. The quantitative estimate of drug-likeness (QED) is 0.795. The summed E-state index contributed by atoms with van der Waals surface area (Å²) in [5, 5.41) is 0. The third-order valence-corrected chi connectivity index (χ3v) is 3.35. The fourth-order valence-electron chi connectivity index (χ4n) is 2.29. The number of carbonyl (C=O) groups is 2. The highest BCUT2D eigenvalue weighted by Crippen LogP contribution is 2.19. The molecule has 0 bridgehead atoms. The molecule has 0 aliphatic rings. The Balaban J connectivity index is 2.32. The van der Waals surface area contributed by atoms with Crippen molar-refractivity contribution in [3.8, 4) is 0 Å². The number of pyridine rings is 1. The van der Waals surface area contributed by atoms with Gasteiger partial charge in [0.2, 0.25) is 0 Å². The highest BCUT2D eigenvalue weighted by molar-refractivity contribution is 6.06. The first-order chi connectivity index (χ1) is 11.1. The largest absolute Gasteiger partial charge is 0.462 e. The minimum Gasteiger partial charge on any atom is -0.462 e. The first-order valence-corrected chi connectivity index (χ1v) is 7.57. The highest BCUT2D eigenvalue weighted by atomic mass is 16.5. The van der Waals surface area contributed by atoms with Crippen LogP contribution in [0.5, 0.6) is 0 Å². The summed E-state index contributed by atoms with van der Waals surface area (Å²) in [5.41, 5.74) is 2.53. The Labute approximate surface area is 135 Å². The zero-order chi connectivity index (χ0) is 16.8. The molecule has 0 unspecified atom stereocenters. The lowest BCUT2D eigenvalue weighted by atomic mass is 10.1. The van der Waals surface area contributed by atoms with Crippen molar-refractivity contribution >= 4 is 17.6 Å². The summed E-state index contributed by atoms with van der Waals surface area (Å²) in [6, 6.07) is 8.68. The fraction of sp³-hybridized carbons (Fsp3) is 0.278. The molecule has 0 radical (unpaired) electrons. The van der Waals surface area contributed by atoms with Gasteiger partial charge in [-0.15, -0.1) is 0 Å². The molecule has 0 spiro atoms. The molecule has 0 N–H and O–H groups in total. The van der Waals surface area contributed by atoms with Gasteiger partial charge in [-0.3, -0.25) is 9.78 Å². The minimum atomic E-state index is -0.393. The molecule has 0 saturated carbocycles. The van der Waals surface area contributed by atoms with Gasteiger partial charge in [0, 0.05) is 24.6 Å². The van der Waals surface area contributed by atoms with E-state index in [9.17, 15) is 9.59 Å². The van der Waals surface area contributed by atoms with Crippen LogP contribution in [0.25, 0.3) is 0 Å². The lowest BCUT2D eigenvalue weighted by molar-refractivity contribution is 0.0526. The van der Waals surface area contributed by atoms with Gasteiger partial charge >= 0.3 is 5.97 Å². The first-order valence-electron chi connectivity index (χ1n) is 7.57. The first kappa shape index (κ1) is 16.7. The van der Waals surface area contributed by atoms with Crippen LogP contribution in [0.1, 0.15) is 40.1 Å². The van der Waals surface area contributed by atoms with Gasteiger partial charge in [-0.1, -0.05) is 6.07 Å². The molecule has 5 nitrogen and oxygen atoms in total. The van der Waals surface area contributed by atoms with Gasteiger partial charge in [-0.25, -0.2) is 4.79 Å². The van der Waals surface area contributed by atoms with Crippen LogP contribution in [0.3, 0.4) is 0 Å². The fourth-order valence-corrected chi connectivity index (χ4v) is 2.29. The Morgan fingerprint density at radius 2 is 1.91 bits per heavy atom. The van der Waals surface area contributed by atoms with E-state index in [1.165, 1.54) is 0 Å². The van der Waals surface area contributed by atoms with Gasteiger partial charge in [0.25, 0.3) is 5.91 Å². The summed E-state index contributed by atoms with van der Waals surface area (Å²) in [7, 11) is 0. The lowest BCUT2D eigenvalue weighted by Gasteiger charge is -2.21. The summed E-state index contributed by atoms with van der Waals surface area (Å²) in [5.74, 6) is -0.542. The number of amides is 1. The van der Waals surface area contributed by atoms with Crippen LogP contribution in [0.4, 0.5) is 5.69 Å². The second-order valence-electron chi connectivity index (χ2n) is 5.07. The maximum Gasteiger partial charge on any atom is 0.338 e. The number of aryl methyl sites for hydroxylation is 1. The predicted octanol–water partition coefficient (Wildman–Crippen LogP) is 3.23. The summed E-state index contributed by atoms with van der Waals surface area (Å²) in [4.78, 5) is 30.2. The smallest absolute Gasteiger partial charge is 0.338 e. The molecule has 23 heavy (non-hydrogen) atoms. The minimum absolute atomic E-state index is 0.148. The number of hydrogen-bond donors (Lipinski definition) is 0. The normalized spacial score (nSPS) is 10.2. The van der Waals surface area contributed by atoms with E-state index < -0.39 is 5.97 Å². The Morgan fingerprint density at radius 1 is 1.13 bits per heavy atom. The van der Waals surface area contributed by atoms with Crippen molar-refractivity contribution in [2.45, 2.75) is 20.8 Å². The van der Waals surface area contributed by atoms with Crippen molar-refractivity contribution in [2.24, 2.45) is 0 Å². The monoisotopic (exact) mass is 312 g/mol. The third kappa shape index (κ3) is 3.94. The number of ether oxygens (including phenoxy) is 1. The van der Waals surface area contributed by atoms with Gasteiger partial charge < -0.3 is 9.64 Å². The second-order valence-corrected chi connectivity index (χ2v) is 5.07. The number of anilines is 1. The van der Waals surface area contributed by atoms with Crippen molar-refractivity contribution in [3.05, 3.63) is 59.4 Å². The molecule has 0 saturated heterocycles. The molecular weight excluding hydrogens is 292 g/mol. The highest BCUT2D eigenvalue weighted by Gasteiger charge is 2.18. The van der Waals surface area contributed by atoms with E-state index in [0.29, 0.717) is 30.0 Å². The average Bonchev–Trinajstić information content (AvgIpc) is 2.56. The summed E-state index contributed by atoms with van der Waals surface area (Å²) >= 11 is 0. The Kier molecular flexibility index (Phi) is 5.46. The molecule has 1 heterocycles. The SMILES string of the molecule is CCOC(=O)c1cccc(N(CC)C(=O)c2cncc(C)c2)c1. The summed E-state index contributed by atoms with van der Waals surface area (Å²) in [6.45, 7) is 6.33. The number of aromatic nitrogens is 1. The van der Waals surface area contributed by atoms with Crippen LogP contribution in [-0.2, 0) is 4.74 Å². The topological polar surface area (TPSA) is 59.5 Å². The molecule has 1 amide bonds. The van der Waals surface area contributed by atoms with Crippen LogP contribution >= 0.6 is 0 Å². The van der Waals surface area contributed by atoms with E-state index in [1.54, 1.807) is 54.5 Å². The zero-order valence-corrected chi connectivity index (χ0v) is 13.6. The van der Waals surface area contributed by atoms with Gasteiger partial charge in [-0.05, 0) is 50.6 Å². The zero-order valence-electron chi connectivity index (χ0n) is 13.6. The number of rotatable bonds is 5. The van der Waals surface area contributed by atoms with Crippen LogP contribution in [0.2, 0.25) is 0 Å². The predicted molar refractivity (Wildman–Crippen MR) is 88.7 cm³/mol. The van der Waals surface area contributed by atoms with Gasteiger partial charge in [0.1, 0.15) is 0 Å². The third-order valence-electron chi connectivity index (χ3n) is 3.35.